The molecule has 2 rings (SSSR count). The Morgan fingerprint density at radius 1 is 1.40 bits per heavy atom. The van der Waals surface area contributed by atoms with Gasteiger partial charge in [0, 0.05) is 29.3 Å². The summed E-state index contributed by atoms with van der Waals surface area (Å²) in [7, 11) is 1.96. The SMILES string of the molecule is CCCNC(Cc1c(Cl)c(C)nn1C)c1ccc(C)s1. The number of nitrogens with zero attached hydrogens (tertiary/aromatic N) is 2. The number of nitrogens with one attached hydrogen (secondary N) is 1. The second-order valence-corrected chi connectivity index (χ2v) is 6.83. The van der Waals surface area contributed by atoms with Gasteiger partial charge >= 0.3 is 0 Å². The van der Waals surface area contributed by atoms with Crippen molar-refractivity contribution >= 4 is 22.9 Å². The Morgan fingerprint density at radius 2 is 2.15 bits per heavy atom. The first-order valence-corrected chi connectivity index (χ1v) is 8.20. The predicted molar refractivity (Wildman–Crippen MR) is 86.7 cm³/mol. The van der Waals surface area contributed by atoms with Crippen molar-refractivity contribution in [2.24, 2.45) is 7.05 Å². The molecule has 0 aliphatic heterocycles. The predicted octanol–water partition coefficient (Wildman–Crippen LogP) is 4.04. The molecular weight excluding hydrogens is 290 g/mol. The van der Waals surface area contributed by atoms with Gasteiger partial charge in [-0.05, 0) is 38.9 Å². The van der Waals surface area contributed by atoms with E-state index in [1.165, 1.54) is 9.75 Å². The molecular formula is C15H22ClN3S. The van der Waals surface area contributed by atoms with E-state index >= 15 is 0 Å². The van der Waals surface area contributed by atoms with Crippen molar-refractivity contribution in [3.8, 4) is 0 Å². The lowest BCUT2D eigenvalue weighted by Crippen LogP contribution is -2.24. The third-order valence-electron chi connectivity index (χ3n) is 3.40. The van der Waals surface area contributed by atoms with Gasteiger partial charge in [0.25, 0.3) is 0 Å². The molecule has 2 aromatic heterocycles. The molecule has 1 atom stereocenters. The first kappa shape index (κ1) is 15.5. The van der Waals surface area contributed by atoms with Crippen LogP contribution in [0.15, 0.2) is 12.1 Å². The van der Waals surface area contributed by atoms with Crippen molar-refractivity contribution in [1.82, 2.24) is 15.1 Å². The third kappa shape index (κ3) is 3.43. The molecule has 110 valence electrons. The highest BCUT2D eigenvalue weighted by Gasteiger charge is 2.19. The maximum absolute atomic E-state index is 6.38. The number of aryl methyl sites for hydroxylation is 3. The maximum atomic E-state index is 6.38. The molecule has 0 aliphatic carbocycles. The highest BCUT2D eigenvalue weighted by Crippen LogP contribution is 2.29. The summed E-state index contributed by atoms with van der Waals surface area (Å²) in [4.78, 5) is 2.71. The molecule has 0 aromatic carbocycles. The maximum Gasteiger partial charge on any atom is 0.0847 e. The monoisotopic (exact) mass is 311 g/mol. The average Bonchev–Trinajstić information content (AvgIpc) is 2.93. The Balaban J connectivity index is 2.23. The topological polar surface area (TPSA) is 29.9 Å². The van der Waals surface area contributed by atoms with E-state index in [1.54, 1.807) is 0 Å². The van der Waals surface area contributed by atoms with Gasteiger partial charge in [-0.2, -0.15) is 5.10 Å². The molecule has 0 bridgehead atoms. The van der Waals surface area contributed by atoms with E-state index in [0.29, 0.717) is 6.04 Å². The summed E-state index contributed by atoms with van der Waals surface area (Å²) < 4.78 is 1.90. The van der Waals surface area contributed by atoms with E-state index in [-0.39, 0.29) is 0 Å². The molecule has 3 nitrogen and oxygen atoms in total. The van der Waals surface area contributed by atoms with Crippen LogP contribution < -0.4 is 5.32 Å². The molecule has 2 heterocycles. The van der Waals surface area contributed by atoms with Crippen LogP contribution in [0.1, 0.15) is 40.5 Å². The van der Waals surface area contributed by atoms with Crippen molar-refractivity contribution in [3.63, 3.8) is 0 Å². The minimum Gasteiger partial charge on any atom is -0.309 e. The lowest BCUT2D eigenvalue weighted by Gasteiger charge is -2.17. The van der Waals surface area contributed by atoms with Crippen molar-refractivity contribution in [2.75, 3.05) is 6.54 Å². The Hall–Kier alpha value is -0.840. The van der Waals surface area contributed by atoms with Crippen LogP contribution in [-0.4, -0.2) is 16.3 Å². The van der Waals surface area contributed by atoms with Gasteiger partial charge in [-0.25, -0.2) is 0 Å². The Kier molecular flexibility index (Phi) is 5.24. The van der Waals surface area contributed by atoms with Crippen LogP contribution in [0.3, 0.4) is 0 Å². The summed E-state index contributed by atoms with van der Waals surface area (Å²) in [5, 5.41) is 8.82. The van der Waals surface area contributed by atoms with E-state index < -0.39 is 0 Å². The van der Waals surface area contributed by atoms with E-state index in [9.17, 15) is 0 Å². The first-order valence-electron chi connectivity index (χ1n) is 7.00. The van der Waals surface area contributed by atoms with Crippen LogP contribution in [0.4, 0.5) is 0 Å². The van der Waals surface area contributed by atoms with Crippen LogP contribution in [0.5, 0.6) is 0 Å². The van der Waals surface area contributed by atoms with E-state index in [2.05, 4.69) is 36.4 Å². The summed E-state index contributed by atoms with van der Waals surface area (Å²) in [6.45, 7) is 7.29. The summed E-state index contributed by atoms with van der Waals surface area (Å²) in [5.74, 6) is 0. The largest absolute Gasteiger partial charge is 0.309 e. The van der Waals surface area contributed by atoms with Crippen molar-refractivity contribution in [3.05, 3.63) is 38.3 Å². The van der Waals surface area contributed by atoms with Crippen molar-refractivity contribution < 1.29 is 0 Å². The molecule has 0 spiro atoms. The van der Waals surface area contributed by atoms with Gasteiger partial charge < -0.3 is 5.32 Å². The second-order valence-electron chi connectivity index (χ2n) is 5.13. The number of thiophene rings is 1. The highest BCUT2D eigenvalue weighted by atomic mass is 35.5. The van der Waals surface area contributed by atoms with Crippen molar-refractivity contribution in [2.45, 2.75) is 39.7 Å². The average molecular weight is 312 g/mol. The van der Waals surface area contributed by atoms with Crippen LogP contribution in [0, 0.1) is 13.8 Å². The Morgan fingerprint density at radius 3 is 2.65 bits per heavy atom. The number of halogens is 1. The van der Waals surface area contributed by atoms with E-state index in [0.717, 1.165) is 35.8 Å². The normalized spacial score (nSPS) is 12.8. The summed E-state index contributed by atoms with van der Waals surface area (Å²) >= 11 is 8.23. The minimum atomic E-state index is 0.306. The van der Waals surface area contributed by atoms with Crippen LogP contribution in [-0.2, 0) is 13.5 Å². The smallest absolute Gasteiger partial charge is 0.0847 e. The molecule has 0 aliphatic rings. The van der Waals surface area contributed by atoms with Crippen molar-refractivity contribution in [1.29, 1.82) is 0 Å². The Bertz CT molecular complexity index is 574. The third-order valence-corrected chi connectivity index (χ3v) is 5.01. The fourth-order valence-electron chi connectivity index (χ4n) is 2.33. The van der Waals surface area contributed by atoms with Gasteiger partial charge in [-0.1, -0.05) is 18.5 Å². The second kappa shape index (κ2) is 6.74. The molecule has 0 saturated heterocycles. The van der Waals surface area contributed by atoms with Gasteiger partial charge in [-0.15, -0.1) is 11.3 Å². The summed E-state index contributed by atoms with van der Waals surface area (Å²) in [6.07, 6.45) is 2.00. The summed E-state index contributed by atoms with van der Waals surface area (Å²) in [6, 6.07) is 4.70. The number of hydrogen-bond acceptors (Lipinski definition) is 3. The van der Waals surface area contributed by atoms with E-state index in [4.69, 9.17) is 11.6 Å². The van der Waals surface area contributed by atoms with E-state index in [1.807, 2.05) is 30.0 Å². The van der Waals surface area contributed by atoms with Gasteiger partial charge in [0.05, 0.1) is 16.4 Å². The van der Waals surface area contributed by atoms with Crippen LogP contribution >= 0.6 is 22.9 Å². The molecule has 5 heteroatoms. The fourth-order valence-corrected chi connectivity index (χ4v) is 3.52. The molecule has 0 amide bonds. The van der Waals surface area contributed by atoms with Crippen LogP contribution in [0.25, 0.3) is 0 Å². The molecule has 20 heavy (non-hydrogen) atoms. The first-order chi connectivity index (χ1) is 9.52. The number of aromatic nitrogens is 2. The van der Waals surface area contributed by atoms with Gasteiger partial charge in [0.2, 0.25) is 0 Å². The zero-order valence-electron chi connectivity index (χ0n) is 12.5. The lowest BCUT2D eigenvalue weighted by atomic mass is 10.1. The standard InChI is InChI=1S/C15H22ClN3S/c1-5-8-17-12(14-7-6-10(2)20-14)9-13-15(16)11(3)18-19(13)4/h6-7,12,17H,5,8-9H2,1-4H3. The van der Waals surface area contributed by atoms with Gasteiger partial charge in [-0.3, -0.25) is 4.68 Å². The molecule has 2 aromatic rings. The minimum absolute atomic E-state index is 0.306. The zero-order valence-corrected chi connectivity index (χ0v) is 14.1. The van der Waals surface area contributed by atoms with Gasteiger partial charge in [0.15, 0.2) is 0 Å². The molecule has 0 fully saturated rings. The number of rotatable bonds is 6. The number of hydrogen-bond donors (Lipinski definition) is 1. The molecule has 0 radical (unpaired) electrons. The zero-order chi connectivity index (χ0) is 14.7. The lowest BCUT2D eigenvalue weighted by molar-refractivity contribution is 0.519. The van der Waals surface area contributed by atoms with Crippen LogP contribution in [0.2, 0.25) is 5.02 Å². The fraction of sp³-hybridized carbons (Fsp3) is 0.533. The Labute approximate surface area is 130 Å². The summed E-state index contributed by atoms with van der Waals surface area (Å²) in [5.41, 5.74) is 2.00. The highest BCUT2D eigenvalue weighted by molar-refractivity contribution is 7.12. The molecule has 0 saturated carbocycles. The van der Waals surface area contributed by atoms with Gasteiger partial charge in [0.1, 0.15) is 0 Å². The molecule has 1 unspecified atom stereocenters. The quantitative estimate of drug-likeness (QED) is 0.872. The molecule has 1 N–H and O–H groups in total.